The second-order valence-corrected chi connectivity index (χ2v) is 8.54. The van der Waals surface area contributed by atoms with E-state index < -0.39 is 0 Å². The number of nitrogens with zero attached hydrogens (tertiary/aromatic N) is 4. The lowest BCUT2D eigenvalue weighted by Crippen LogP contribution is -2.47. The Morgan fingerprint density at radius 2 is 1.67 bits per heavy atom. The smallest absolute Gasteiger partial charge is 0.225 e. The van der Waals surface area contributed by atoms with Gasteiger partial charge in [-0.15, -0.1) is 0 Å². The van der Waals surface area contributed by atoms with E-state index in [4.69, 9.17) is 9.72 Å². The predicted octanol–water partition coefficient (Wildman–Crippen LogP) is 4.27. The first kappa shape index (κ1) is 21.2. The van der Waals surface area contributed by atoms with Gasteiger partial charge in [0, 0.05) is 38.8 Å². The molecule has 1 fully saturated rings. The third kappa shape index (κ3) is 4.60. The van der Waals surface area contributed by atoms with Crippen LogP contribution in [0.5, 0.6) is 5.75 Å². The Hall–Kier alpha value is -3.67. The SMILES string of the molecule is COc1ccccc1N1CCN(c2ncc3c(n2)CC(C=Cc2ccccc2)CC3=O)CC1. The van der Waals surface area contributed by atoms with Gasteiger partial charge in [0.15, 0.2) is 5.78 Å². The molecule has 1 aliphatic heterocycles. The number of allylic oxidation sites excluding steroid dienone is 1. The van der Waals surface area contributed by atoms with Gasteiger partial charge in [0.2, 0.25) is 5.95 Å². The number of hydrogen-bond donors (Lipinski definition) is 0. The summed E-state index contributed by atoms with van der Waals surface area (Å²) < 4.78 is 5.52. The van der Waals surface area contributed by atoms with Crippen LogP contribution >= 0.6 is 0 Å². The maximum atomic E-state index is 12.7. The number of hydrogen-bond acceptors (Lipinski definition) is 6. The Morgan fingerprint density at radius 3 is 2.45 bits per heavy atom. The molecule has 3 aromatic rings. The molecular weight excluding hydrogens is 412 g/mol. The molecule has 0 amide bonds. The van der Waals surface area contributed by atoms with Crippen molar-refractivity contribution in [2.24, 2.45) is 5.92 Å². The summed E-state index contributed by atoms with van der Waals surface area (Å²) in [4.78, 5) is 26.6. The molecule has 0 radical (unpaired) electrons. The van der Waals surface area contributed by atoms with Crippen LogP contribution in [0.1, 0.15) is 28.0 Å². The first-order valence-corrected chi connectivity index (χ1v) is 11.5. The second kappa shape index (κ2) is 9.45. The molecule has 5 rings (SSSR count). The van der Waals surface area contributed by atoms with E-state index in [2.05, 4.69) is 45.1 Å². The van der Waals surface area contributed by atoms with Crippen LogP contribution in [-0.2, 0) is 6.42 Å². The topological polar surface area (TPSA) is 58.6 Å². The van der Waals surface area contributed by atoms with Crippen molar-refractivity contribution in [1.82, 2.24) is 9.97 Å². The number of rotatable bonds is 5. The summed E-state index contributed by atoms with van der Waals surface area (Å²) in [5.41, 5.74) is 3.80. The average Bonchev–Trinajstić information content (AvgIpc) is 2.88. The van der Waals surface area contributed by atoms with Crippen molar-refractivity contribution in [2.75, 3.05) is 43.1 Å². The number of methoxy groups -OCH3 is 1. The summed E-state index contributed by atoms with van der Waals surface area (Å²) in [6.07, 6.45) is 7.24. The van der Waals surface area contributed by atoms with E-state index in [0.717, 1.165) is 55.3 Å². The molecule has 1 unspecified atom stereocenters. The highest BCUT2D eigenvalue weighted by molar-refractivity contribution is 5.98. The number of anilines is 2. The van der Waals surface area contributed by atoms with Crippen molar-refractivity contribution < 1.29 is 9.53 Å². The van der Waals surface area contributed by atoms with Gasteiger partial charge in [0.1, 0.15) is 5.75 Å². The molecular formula is C27H28N4O2. The lowest BCUT2D eigenvalue weighted by atomic mass is 9.86. The van der Waals surface area contributed by atoms with Crippen molar-refractivity contribution in [3.05, 3.63) is 83.7 Å². The van der Waals surface area contributed by atoms with E-state index in [-0.39, 0.29) is 11.7 Å². The summed E-state index contributed by atoms with van der Waals surface area (Å²) in [5.74, 6) is 1.90. The first-order valence-electron chi connectivity index (χ1n) is 11.5. The number of benzene rings is 2. The van der Waals surface area contributed by atoms with Crippen LogP contribution in [0.4, 0.5) is 11.6 Å². The van der Waals surface area contributed by atoms with Gasteiger partial charge in [-0.3, -0.25) is 4.79 Å². The summed E-state index contributed by atoms with van der Waals surface area (Å²) in [5, 5.41) is 0. The number of carbonyl (C=O) groups is 1. The van der Waals surface area contributed by atoms with Crippen LogP contribution in [0.25, 0.3) is 6.08 Å². The van der Waals surface area contributed by atoms with Crippen LogP contribution in [0, 0.1) is 5.92 Å². The van der Waals surface area contributed by atoms with Crippen molar-refractivity contribution in [3.63, 3.8) is 0 Å². The van der Waals surface area contributed by atoms with Gasteiger partial charge in [0.05, 0.1) is 24.1 Å². The van der Waals surface area contributed by atoms with Crippen LogP contribution in [0.15, 0.2) is 66.9 Å². The molecule has 2 aromatic carbocycles. The standard InChI is InChI=1S/C27H28N4O2/c1-33-26-10-6-5-9-24(26)30-13-15-31(16-14-30)27-28-19-22-23(29-27)17-21(18-25(22)32)12-11-20-7-3-2-4-8-20/h2-12,19,21H,13-18H2,1H3. The maximum Gasteiger partial charge on any atom is 0.225 e. The summed E-state index contributed by atoms with van der Waals surface area (Å²) >= 11 is 0. The molecule has 0 spiro atoms. The normalized spacial score (nSPS) is 18.5. The highest BCUT2D eigenvalue weighted by Gasteiger charge is 2.27. The third-order valence-electron chi connectivity index (χ3n) is 6.41. The minimum Gasteiger partial charge on any atom is -0.495 e. The van der Waals surface area contributed by atoms with Gasteiger partial charge < -0.3 is 14.5 Å². The van der Waals surface area contributed by atoms with Crippen LogP contribution in [0.2, 0.25) is 0 Å². The average molecular weight is 441 g/mol. The van der Waals surface area contributed by atoms with E-state index in [1.165, 1.54) is 0 Å². The number of piperazine rings is 1. The molecule has 0 saturated carbocycles. The number of fused-ring (bicyclic) bond motifs is 1. The Kier molecular flexibility index (Phi) is 6.07. The molecule has 6 nitrogen and oxygen atoms in total. The fraction of sp³-hybridized carbons (Fsp3) is 0.296. The molecule has 1 aromatic heterocycles. The van der Waals surface area contributed by atoms with E-state index in [0.29, 0.717) is 17.9 Å². The second-order valence-electron chi connectivity index (χ2n) is 8.54. The number of carbonyl (C=O) groups excluding carboxylic acids is 1. The molecule has 0 bridgehead atoms. The largest absolute Gasteiger partial charge is 0.495 e. The zero-order chi connectivity index (χ0) is 22.6. The van der Waals surface area contributed by atoms with Crippen LogP contribution < -0.4 is 14.5 Å². The molecule has 33 heavy (non-hydrogen) atoms. The van der Waals surface area contributed by atoms with Gasteiger partial charge >= 0.3 is 0 Å². The number of ether oxygens (including phenoxy) is 1. The van der Waals surface area contributed by atoms with Crippen LogP contribution in [-0.4, -0.2) is 49.0 Å². The number of para-hydroxylation sites is 2. The molecule has 0 N–H and O–H groups in total. The molecule has 2 aliphatic rings. The Morgan fingerprint density at radius 1 is 0.939 bits per heavy atom. The monoisotopic (exact) mass is 440 g/mol. The quantitative estimate of drug-likeness (QED) is 0.591. The molecule has 6 heteroatoms. The first-order chi connectivity index (χ1) is 16.2. The molecule has 1 atom stereocenters. The lowest BCUT2D eigenvalue weighted by Gasteiger charge is -2.36. The summed E-state index contributed by atoms with van der Waals surface area (Å²) in [6.45, 7) is 3.37. The highest BCUT2D eigenvalue weighted by atomic mass is 16.5. The molecule has 2 heterocycles. The summed E-state index contributed by atoms with van der Waals surface area (Å²) in [6, 6.07) is 18.3. The fourth-order valence-corrected chi connectivity index (χ4v) is 4.60. The molecule has 1 aliphatic carbocycles. The predicted molar refractivity (Wildman–Crippen MR) is 131 cm³/mol. The maximum absolute atomic E-state index is 12.7. The molecule has 1 saturated heterocycles. The van der Waals surface area contributed by atoms with E-state index in [9.17, 15) is 4.79 Å². The van der Waals surface area contributed by atoms with Gasteiger partial charge in [0.25, 0.3) is 0 Å². The highest BCUT2D eigenvalue weighted by Crippen LogP contribution is 2.30. The van der Waals surface area contributed by atoms with Crippen LogP contribution in [0.3, 0.4) is 0 Å². The Labute approximate surface area is 194 Å². The van der Waals surface area contributed by atoms with E-state index >= 15 is 0 Å². The zero-order valence-electron chi connectivity index (χ0n) is 18.9. The fourth-order valence-electron chi connectivity index (χ4n) is 4.60. The van der Waals surface area contributed by atoms with Gasteiger partial charge in [-0.25, -0.2) is 9.97 Å². The van der Waals surface area contributed by atoms with Crippen molar-refractivity contribution in [2.45, 2.75) is 12.8 Å². The van der Waals surface area contributed by atoms with Crippen molar-refractivity contribution in [3.8, 4) is 5.75 Å². The van der Waals surface area contributed by atoms with E-state index in [1.54, 1.807) is 13.3 Å². The third-order valence-corrected chi connectivity index (χ3v) is 6.41. The lowest BCUT2D eigenvalue weighted by molar-refractivity contribution is 0.0957. The van der Waals surface area contributed by atoms with Crippen molar-refractivity contribution in [1.29, 1.82) is 0 Å². The minimum atomic E-state index is 0.131. The summed E-state index contributed by atoms with van der Waals surface area (Å²) in [7, 11) is 1.71. The minimum absolute atomic E-state index is 0.131. The number of Topliss-reactive ketones (excluding diaryl/α,β-unsaturated/α-hetero) is 1. The van der Waals surface area contributed by atoms with Crippen molar-refractivity contribution >= 4 is 23.5 Å². The number of aromatic nitrogens is 2. The number of ketones is 1. The molecule has 168 valence electrons. The van der Waals surface area contributed by atoms with Gasteiger partial charge in [-0.2, -0.15) is 0 Å². The Bertz CT molecular complexity index is 1150. The van der Waals surface area contributed by atoms with Gasteiger partial charge in [-0.1, -0.05) is 54.6 Å². The zero-order valence-corrected chi connectivity index (χ0v) is 18.9. The Balaban J connectivity index is 1.28. The van der Waals surface area contributed by atoms with Gasteiger partial charge in [-0.05, 0) is 30.0 Å². The van der Waals surface area contributed by atoms with E-state index in [1.807, 2.05) is 36.4 Å².